The third-order valence-electron chi connectivity index (χ3n) is 4.74. The summed E-state index contributed by atoms with van der Waals surface area (Å²) in [4.78, 5) is 18.9. The molecule has 0 saturated heterocycles. The van der Waals surface area contributed by atoms with Gasteiger partial charge in [0.1, 0.15) is 0 Å². The van der Waals surface area contributed by atoms with E-state index in [0.29, 0.717) is 24.2 Å². The lowest BCUT2D eigenvalue weighted by Crippen LogP contribution is -2.33. The van der Waals surface area contributed by atoms with Crippen LogP contribution < -0.4 is 0 Å². The lowest BCUT2D eigenvalue weighted by Gasteiger charge is -2.22. The normalized spacial score (nSPS) is 10.7. The zero-order valence-electron chi connectivity index (χ0n) is 16.9. The zero-order chi connectivity index (χ0) is 21.3. The number of thioether (sulfide) groups is 1. The largest absolute Gasteiger partial charge is 0.411 e. The number of carbonyl (C=O) groups excluding carboxylic acids is 1. The van der Waals surface area contributed by atoms with Crippen molar-refractivity contribution in [2.45, 2.75) is 18.2 Å². The maximum absolute atomic E-state index is 13.0. The second-order valence-electron chi connectivity index (χ2n) is 6.93. The maximum Gasteiger partial charge on any atom is 0.277 e. The van der Waals surface area contributed by atoms with Gasteiger partial charge in [0, 0.05) is 31.0 Å². The van der Waals surface area contributed by atoms with Crippen molar-refractivity contribution in [3.05, 3.63) is 96.3 Å². The van der Waals surface area contributed by atoms with Gasteiger partial charge in [-0.3, -0.25) is 9.78 Å². The van der Waals surface area contributed by atoms with E-state index in [9.17, 15) is 4.79 Å². The molecule has 0 atom stereocenters. The Morgan fingerprint density at radius 2 is 1.55 bits per heavy atom. The van der Waals surface area contributed by atoms with E-state index in [0.717, 1.165) is 17.5 Å². The number of benzene rings is 2. The highest BCUT2D eigenvalue weighted by atomic mass is 32.2. The van der Waals surface area contributed by atoms with Crippen molar-refractivity contribution in [3.8, 4) is 11.5 Å². The average molecular weight is 431 g/mol. The van der Waals surface area contributed by atoms with Gasteiger partial charge in [-0.25, -0.2) is 0 Å². The first-order valence-corrected chi connectivity index (χ1v) is 11.0. The molecular weight excluding hydrogens is 408 g/mol. The quantitative estimate of drug-likeness (QED) is 0.364. The molecule has 0 N–H and O–H groups in total. The molecule has 0 fully saturated rings. The van der Waals surface area contributed by atoms with Crippen LogP contribution in [-0.2, 0) is 17.8 Å². The van der Waals surface area contributed by atoms with Crippen LogP contribution in [-0.4, -0.2) is 38.3 Å². The molecular formula is C24H22N4O2S. The fraction of sp³-hybridized carbons (Fsp3) is 0.167. The SMILES string of the molecule is O=C(CSc1nnc(-c2ccncc2)o1)N(CCc1ccccc1)Cc1ccccc1. The average Bonchev–Trinajstić information content (AvgIpc) is 3.31. The molecule has 0 aliphatic carbocycles. The molecule has 1 amide bonds. The van der Waals surface area contributed by atoms with Gasteiger partial charge in [0.05, 0.1) is 5.75 Å². The summed E-state index contributed by atoms with van der Waals surface area (Å²) in [5.41, 5.74) is 3.11. The van der Waals surface area contributed by atoms with Gasteiger partial charge in [-0.2, -0.15) is 0 Å². The van der Waals surface area contributed by atoms with E-state index in [1.165, 1.54) is 17.3 Å². The molecule has 6 nitrogen and oxygen atoms in total. The third kappa shape index (κ3) is 6.02. The van der Waals surface area contributed by atoms with E-state index in [4.69, 9.17) is 4.42 Å². The molecule has 4 aromatic rings. The molecule has 156 valence electrons. The molecule has 0 saturated carbocycles. The maximum atomic E-state index is 13.0. The number of hydrogen-bond acceptors (Lipinski definition) is 6. The highest BCUT2D eigenvalue weighted by molar-refractivity contribution is 7.99. The van der Waals surface area contributed by atoms with Crippen LogP contribution in [0.5, 0.6) is 0 Å². The first-order chi connectivity index (χ1) is 15.3. The molecule has 0 spiro atoms. The third-order valence-corrected chi connectivity index (χ3v) is 5.54. The predicted octanol–water partition coefficient (Wildman–Crippen LogP) is 4.50. The van der Waals surface area contributed by atoms with Crippen molar-refractivity contribution in [1.82, 2.24) is 20.1 Å². The van der Waals surface area contributed by atoms with Crippen LogP contribution >= 0.6 is 11.8 Å². The van der Waals surface area contributed by atoms with Crippen molar-refractivity contribution in [2.75, 3.05) is 12.3 Å². The van der Waals surface area contributed by atoms with Crippen molar-refractivity contribution in [1.29, 1.82) is 0 Å². The van der Waals surface area contributed by atoms with E-state index >= 15 is 0 Å². The summed E-state index contributed by atoms with van der Waals surface area (Å²) in [6, 6.07) is 23.8. The lowest BCUT2D eigenvalue weighted by atomic mass is 10.1. The van der Waals surface area contributed by atoms with Crippen LogP contribution in [0.2, 0.25) is 0 Å². The van der Waals surface area contributed by atoms with E-state index < -0.39 is 0 Å². The highest BCUT2D eigenvalue weighted by Crippen LogP contribution is 2.23. The Labute approximate surface area is 185 Å². The second-order valence-corrected chi connectivity index (χ2v) is 7.86. The summed E-state index contributed by atoms with van der Waals surface area (Å²) in [6.45, 7) is 1.21. The predicted molar refractivity (Wildman–Crippen MR) is 120 cm³/mol. The van der Waals surface area contributed by atoms with Crippen molar-refractivity contribution in [3.63, 3.8) is 0 Å². The molecule has 2 aromatic carbocycles. The van der Waals surface area contributed by atoms with Crippen molar-refractivity contribution >= 4 is 17.7 Å². The minimum Gasteiger partial charge on any atom is -0.411 e. The summed E-state index contributed by atoms with van der Waals surface area (Å²) in [7, 11) is 0. The van der Waals surface area contributed by atoms with Crippen molar-refractivity contribution < 1.29 is 9.21 Å². The molecule has 4 rings (SSSR count). The Kier molecular flexibility index (Phi) is 7.08. The first-order valence-electron chi connectivity index (χ1n) is 10.0. The van der Waals surface area contributed by atoms with Gasteiger partial charge < -0.3 is 9.32 Å². The lowest BCUT2D eigenvalue weighted by molar-refractivity contribution is -0.128. The zero-order valence-corrected chi connectivity index (χ0v) is 17.7. The van der Waals surface area contributed by atoms with Crippen LogP contribution in [0, 0.1) is 0 Å². The minimum absolute atomic E-state index is 0.0356. The van der Waals surface area contributed by atoms with Crippen LogP contribution in [0.25, 0.3) is 11.5 Å². The van der Waals surface area contributed by atoms with Crippen LogP contribution in [0.4, 0.5) is 0 Å². The fourth-order valence-corrected chi connectivity index (χ4v) is 3.76. The number of hydrogen-bond donors (Lipinski definition) is 0. The van der Waals surface area contributed by atoms with Gasteiger partial charge in [0.15, 0.2) is 0 Å². The molecule has 0 aliphatic rings. The van der Waals surface area contributed by atoms with E-state index in [1.54, 1.807) is 24.5 Å². The Morgan fingerprint density at radius 3 is 2.26 bits per heavy atom. The Morgan fingerprint density at radius 1 is 0.871 bits per heavy atom. The van der Waals surface area contributed by atoms with Crippen LogP contribution in [0.1, 0.15) is 11.1 Å². The monoisotopic (exact) mass is 430 g/mol. The number of aromatic nitrogens is 3. The molecule has 0 unspecified atom stereocenters. The fourth-order valence-electron chi connectivity index (χ4n) is 3.10. The molecule has 2 heterocycles. The molecule has 2 aromatic heterocycles. The van der Waals surface area contributed by atoms with Gasteiger partial charge in [0.25, 0.3) is 5.22 Å². The molecule has 0 bridgehead atoms. The van der Waals surface area contributed by atoms with Crippen molar-refractivity contribution in [2.24, 2.45) is 0 Å². The highest BCUT2D eigenvalue weighted by Gasteiger charge is 2.17. The molecule has 31 heavy (non-hydrogen) atoms. The first kappa shape index (κ1) is 20.8. The summed E-state index contributed by atoms with van der Waals surface area (Å²) in [5.74, 6) is 0.690. The Bertz CT molecular complexity index is 1090. The number of nitrogens with zero attached hydrogens (tertiary/aromatic N) is 4. The number of rotatable bonds is 9. The molecule has 0 aliphatic heterocycles. The summed E-state index contributed by atoms with van der Waals surface area (Å²) >= 11 is 1.26. The van der Waals surface area contributed by atoms with Gasteiger partial charge in [-0.1, -0.05) is 72.4 Å². The van der Waals surface area contributed by atoms with Gasteiger partial charge >= 0.3 is 0 Å². The minimum atomic E-state index is 0.0356. The summed E-state index contributed by atoms with van der Waals surface area (Å²) < 4.78 is 5.69. The van der Waals surface area contributed by atoms with E-state index in [-0.39, 0.29) is 11.7 Å². The summed E-state index contributed by atoms with van der Waals surface area (Å²) in [6.07, 6.45) is 4.14. The summed E-state index contributed by atoms with van der Waals surface area (Å²) in [5, 5.41) is 8.50. The number of pyridine rings is 1. The second kappa shape index (κ2) is 10.5. The Balaban J connectivity index is 1.39. The molecule has 0 radical (unpaired) electrons. The topological polar surface area (TPSA) is 72.1 Å². The number of carbonyl (C=O) groups is 1. The smallest absolute Gasteiger partial charge is 0.277 e. The van der Waals surface area contributed by atoms with E-state index in [2.05, 4.69) is 27.3 Å². The molecule has 7 heteroatoms. The van der Waals surface area contributed by atoms with Crippen LogP contribution in [0.3, 0.4) is 0 Å². The Hall–Kier alpha value is -3.45. The van der Waals surface area contributed by atoms with E-state index in [1.807, 2.05) is 53.4 Å². The van der Waals surface area contributed by atoms with Gasteiger partial charge in [0.2, 0.25) is 11.8 Å². The number of amides is 1. The van der Waals surface area contributed by atoms with Crippen LogP contribution in [0.15, 0.2) is 94.8 Å². The standard InChI is InChI=1S/C24H22N4O2S/c29-22(18-31-24-27-26-23(30-24)21-11-14-25-15-12-21)28(17-20-9-5-2-6-10-20)16-13-19-7-3-1-4-8-19/h1-12,14-15H,13,16-18H2. The van der Waals surface area contributed by atoms with Gasteiger partial charge in [-0.15, -0.1) is 10.2 Å². The van der Waals surface area contributed by atoms with Gasteiger partial charge in [-0.05, 0) is 29.7 Å².